The van der Waals surface area contributed by atoms with Crippen LogP contribution in [0.5, 0.6) is 0 Å². The Hall–Kier alpha value is -0.760. The van der Waals surface area contributed by atoms with Gasteiger partial charge in [-0.25, -0.2) is 0 Å². The summed E-state index contributed by atoms with van der Waals surface area (Å²) >= 11 is 0. The van der Waals surface area contributed by atoms with Crippen molar-refractivity contribution in [3.05, 3.63) is 12.2 Å². The molecular formula is C48H97N2O6P. The number of aliphatic hydroxyl groups is 1. The topological polar surface area (TPSA) is 108 Å². The molecule has 2 N–H and O–H groups in total. The van der Waals surface area contributed by atoms with Gasteiger partial charge < -0.3 is 28.8 Å². The molecule has 0 aromatic rings. The number of nitrogens with zero attached hydrogens (tertiary/aromatic N) is 1. The molecule has 340 valence electrons. The summed E-state index contributed by atoms with van der Waals surface area (Å²) in [4.78, 5) is 25.3. The lowest BCUT2D eigenvalue weighted by molar-refractivity contribution is -0.870. The number of rotatable bonds is 45. The Kier molecular flexibility index (Phi) is 40.1. The predicted molar refractivity (Wildman–Crippen MR) is 242 cm³/mol. The SMILES string of the molecule is CCCCCCCCCCCCCCCCCCCC/C=C/C(O)C(COP(=O)([O-])OCC[N+](C)(C)C)NC(=O)CCCCCCCCCCCCCCCCC. The summed E-state index contributed by atoms with van der Waals surface area (Å²) in [5.41, 5.74) is 0. The molecule has 0 bridgehead atoms. The van der Waals surface area contributed by atoms with Gasteiger partial charge in [0.1, 0.15) is 13.2 Å². The molecule has 0 rings (SSSR count). The van der Waals surface area contributed by atoms with E-state index in [0.717, 1.165) is 38.5 Å². The molecule has 0 aliphatic heterocycles. The minimum Gasteiger partial charge on any atom is -0.756 e. The Labute approximate surface area is 354 Å². The van der Waals surface area contributed by atoms with Crippen molar-refractivity contribution >= 4 is 13.7 Å². The number of likely N-dealkylation sites (N-methyl/N-ethyl adjacent to an activating group) is 1. The smallest absolute Gasteiger partial charge is 0.268 e. The lowest BCUT2D eigenvalue weighted by atomic mass is 10.0. The molecule has 0 aliphatic rings. The second kappa shape index (κ2) is 40.6. The highest BCUT2D eigenvalue weighted by atomic mass is 31.2. The molecule has 1 amide bonds. The van der Waals surface area contributed by atoms with Gasteiger partial charge in [-0.1, -0.05) is 225 Å². The van der Waals surface area contributed by atoms with Gasteiger partial charge >= 0.3 is 0 Å². The Morgan fingerprint density at radius 3 is 1.32 bits per heavy atom. The lowest BCUT2D eigenvalue weighted by Gasteiger charge is -2.29. The number of hydrogen-bond acceptors (Lipinski definition) is 6. The molecular weight excluding hydrogens is 732 g/mol. The molecule has 57 heavy (non-hydrogen) atoms. The number of amides is 1. The fraction of sp³-hybridized carbons (Fsp3) is 0.938. The number of phosphoric ester groups is 1. The van der Waals surface area contributed by atoms with Crippen LogP contribution in [0.2, 0.25) is 0 Å². The van der Waals surface area contributed by atoms with Crippen molar-refractivity contribution < 1.29 is 32.9 Å². The van der Waals surface area contributed by atoms with Crippen LogP contribution in [0.1, 0.15) is 239 Å². The summed E-state index contributed by atoms with van der Waals surface area (Å²) < 4.78 is 23.3. The molecule has 0 radical (unpaired) electrons. The van der Waals surface area contributed by atoms with E-state index in [2.05, 4.69) is 19.2 Å². The number of aliphatic hydroxyl groups excluding tert-OH is 1. The maximum Gasteiger partial charge on any atom is 0.268 e. The Balaban J connectivity index is 4.32. The van der Waals surface area contributed by atoms with E-state index in [1.165, 1.54) is 180 Å². The standard InChI is InChI=1S/C48H97N2O6P/c1-6-8-10-12-14-16-18-20-22-23-24-25-26-28-29-31-33-35-37-39-41-47(51)46(45-56-57(53,54)55-44-43-50(3,4)5)49-48(52)42-40-38-36-34-32-30-27-21-19-17-15-13-11-9-7-2/h39,41,46-47,51H,6-38,40,42-45H2,1-5H3,(H-,49,52,53,54)/b41-39+. The van der Waals surface area contributed by atoms with Crippen LogP contribution < -0.4 is 10.2 Å². The summed E-state index contributed by atoms with van der Waals surface area (Å²) in [7, 11) is 1.27. The van der Waals surface area contributed by atoms with Crippen molar-refractivity contribution in [1.82, 2.24) is 5.32 Å². The number of carbonyl (C=O) groups excluding carboxylic acids is 1. The highest BCUT2D eigenvalue weighted by molar-refractivity contribution is 7.45. The molecule has 0 aliphatic carbocycles. The number of quaternary nitrogens is 1. The van der Waals surface area contributed by atoms with E-state index in [-0.39, 0.29) is 19.1 Å². The number of allylic oxidation sites excluding steroid dienone is 1. The average Bonchev–Trinajstić information content (AvgIpc) is 3.16. The molecule has 0 aromatic heterocycles. The van der Waals surface area contributed by atoms with Gasteiger partial charge in [-0.2, -0.15) is 0 Å². The molecule has 8 nitrogen and oxygen atoms in total. The maximum atomic E-state index is 12.9. The summed E-state index contributed by atoms with van der Waals surface area (Å²) in [6.07, 6.45) is 46.8. The van der Waals surface area contributed by atoms with Gasteiger partial charge in [-0.3, -0.25) is 9.36 Å². The van der Waals surface area contributed by atoms with Crippen LogP contribution in [0.3, 0.4) is 0 Å². The van der Waals surface area contributed by atoms with E-state index >= 15 is 0 Å². The van der Waals surface area contributed by atoms with E-state index in [4.69, 9.17) is 9.05 Å². The second-order valence-electron chi connectivity index (χ2n) is 18.2. The van der Waals surface area contributed by atoms with Crippen LogP contribution in [0.4, 0.5) is 0 Å². The first-order valence-corrected chi connectivity index (χ1v) is 26.0. The fourth-order valence-electron chi connectivity index (χ4n) is 7.33. The third-order valence-electron chi connectivity index (χ3n) is 11.2. The summed E-state index contributed by atoms with van der Waals surface area (Å²) in [6.45, 7) is 4.67. The zero-order chi connectivity index (χ0) is 42.1. The van der Waals surface area contributed by atoms with Crippen LogP contribution in [-0.4, -0.2) is 68.5 Å². The van der Waals surface area contributed by atoms with Gasteiger partial charge in [-0.05, 0) is 19.3 Å². The Morgan fingerprint density at radius 1 is 0.596 bits per heavy atom. The van der Waals surface area contributed by atoms with Crippen LogP contribution >= 0.6 is 7.82 Å². The minimum atomic E-state index is -4.58. The third kappa shape index (κ3) is 43.1. The molecule has 0 aromatic carbocycles. The first kappa shape index (κ1) is 56.2. The van der Waals surface area contributed by atoms with E-state index < -0.39 is 20.0 Å². The highest BCUT2D eigenvalue weighted by Gasteiger charge is 2.23. The molecule has 0 saturated carbocycles. The summed E-state index contributed by atoms with van der Waals surface area (Å²) in [6, 6.07) is -0.880. The van der Waals surface area contributed by atoms with Crippen LogP contribution in [0, 0.1) is 0 Å². The zero-order valence-corrected chi connectivity index (χ0v) is 39.5. The van der Waals surface area contributed by atoms with Crippen molar-refractivity contribution in [2.45, 2.75) is 251 Å². The minimum absolute atomic E-state index is 0.00234. The quantitative estimate of drug-likeness (QED) is 0.0274. The zero-order valence-electron chi connectivity index (χ0n) is 38.6. The van der Waals surface area contributed by atoms with Gasteiger partial charge in [-0.15, -0.1) is 0 Å². The van der Waals surface area contributed by atoms with Crippen molar-refractivity contribution in [3.63, 3.8) is 0 Å². The monoisotopic (exact) mass is 829 g/mol. The average molecular weight is 829 g/mol. The number of carbonyl (C=O) groups is 1. The lowest BCUT2D eigenvalue weighted by Crippen LogP contribution is -2.45. The van der Waals surface area contributed by atoms with E-state index in [1.807, 2.05) is 27.2 Å². The summed E-state index contributed by atoms with van der Waals surface area (Å²) in [5.74, 6) is -0.194. The van der Waals surface area contributed by atoms with Gasteiger partial charge in [0.2, 0.25) is 5.91 Å². The van der Waals surface area contributed by atoms with Crippen molar-refractivity contribution in [2.24, 2.45) is 0 Å². The largest absolute Gasteiger partial charge is 0.756 e. The molecule has 9 heteroatoms. The van der Waals surface area contributed by atoms with Crippen LogP contribution in [0.25, 0.3) is 0 Å². The number of phosphoric acid groups is 1. The molecule has 3 atom stereocenters. The predicted octanol–water partition coefficient (Wildman–Crippen LogP) is 13.3. The number of nitrogens with one attached hydrogen (secondary N) is 1. The summed E-state index contributed by atoms with van der Waals surface area (Å²) in [5, 5.41) is 13.8. The highest BCUT2D eigenvalue weighted by Crippen LogP contribution is 2.38. The van der Waals surface area contributed by atoms with Crippen LogP contribution in [0.15, 0.2) is 12.2 Å². The van der Waals surface area contributed by atoms with Gasteiger partial charge in [0.25, 0.3) is 7.82 Å². The van der Waals surface area contributed by atoms with E-state index in [1.54, 1.807) is 6.08 Å². The van der Waals surface area contributed by atoms with Gasteiger partial charge in [0.15, 0.2) is 0 Å². The molecule has 0 saturated heterocycles. The van der Waals surface area contributed by atoms with Crippen molar-refractivity contribution in [3.8, 4) is 0 Å². The van der Waals surface area contributed by atoms with E-state index in [0.29, 0.717) is 17.4 Å². The van der Waals surface area contributed by atoms with Crippen LogP contribution in [-0.2, 0) is 18.4 Å². The van der Waals surface area contributed by atoms with E-state index in [9.17, 15) is 19.4 Å². The van der Waals surface area contributed by atoms with Crippen molar-refractivity contribution in [2.75, 3.05) is 40.9 Å². The Morgan fingerprint density at radius 2 is 0.947 bits per heavy atom. The normalized spacial score (nSPS) is 14.3. The Bertz CT molecular complexity index is 942. The molecule has 0 spiro atoms. The van der Waals surface area contributed by atoms with Gasteiger partial charge in [0, 0.05) is 6.42 Å². The molecule has 3 unspecified atom stereocenters. The number of unbranched alkanes of at least 4 members (excludes halogenated alkanes) is 32. The second-order valence-corrected chi connectivity index (χ2v) is 19.6. The van der Waals surface area contributed by atoms with Gasteiger partial charge in [0.05, 0.1) is 39.9 Å². The number of hydrogen-bond donors (Lipinski definition) is 2. The fourth-order valence-corrected chi connectivity index (χ4v) is 8.05. The maximum absolute atomic E-state index is 12.9. The first-order valence-electron chi connectivity index (χ1n) is 24.6. The first-order chi connectivity index (χ1) is 27.5. The molecule has 0 fully saturated rings. The third-order valence-corrected chi connectivity index (χ3v) is 12.2. The van der Waals surface area contributed by atoms with Crippen molar-refractivity contribution in [1.29, 1.82) is 0 Å². The molecule has 0 heterocycles.